The highest BCUT2D eigenvalue weighted by Crippen LogP contribution is 2.23. The van der Waals surface area contributed by atoms with Gasteiger partial charge < -0.3 is 10.2 Å². The minimum absolute atomic E-state index is 0.208. The SMILES string of the molecule is CC(O)(CO)C1=CC=CC1. The molecule has 1 aliphatic rings. The zero-order chi connectivity index (χ0) is 7.61. The molecule has 2 nitrogen and oxygen atoms in total. The average molecular weight is 140 g/mol. The molecule has 0 bridgehead atoms. The number of allylic oxidation sites excluding steroid dienone is 3. The Hall–Kier alpha value is -0.600. The number of hydrogen-bond donors (Lipinski definition) is 2. The van der Waals surface area contributed by atoms with E-state index >= 15 is 0 Å². The van der Waals surface area contributed by atoms with Crippen LogP contribution in [-0.2, 0) is 0 Å². The van der Waals surface area contributed by atoms with E-state index in [1.807, 2.05) is 18.2 Å². The highest BCUT2D eigenvalue weighted by molar-refractivity contribution is 5.29. The van der Waals surface area contributed by atoms with Crippen molar-refractivity contribution >= 4 is 0 Å². The largest absolute Gasteiger partial charge is 0.393 e. The maximum Gasteiger partial charge on any atom is 0.106 e. The number of aliphatic hydroxyl groups is 2. The van der Waals surface area contributed by atoms with E-state index in [0.29, 0.717) is 0 Å². The van der Waals surface area contributed by atoms with Crippen molar-refractivity contribution in [1.82, 2.24) is 0 Å². The van der Waals surface area contributed by atoms with Gasteiger partial charge in [-0.05, 0) is 18.9 Å². The van der Waals surface area contributed by atoms with E-state index in [9.17, 15) is 5.11 Å². The molecule has 1 aliphatic carbocycles. The van der Waals surface area contributed by atoms with Crippen molar-refractivity contribution in [2.45, 2.75) is 18.9 Å². The molecule has 1 unspecified atom stereocenters. The summed E-state index contributed by atoms with van der Waals surface area (Å²) in [7, 11) is 0. The van der Waals surface area contributed by atoms with Gasteiger partial charge in [0.05, 0.1) is 6.61 Å². The van der Waals surface area contributed by atoms with Crippen molar-refractivity contribution in [2.24, 2.45) is 0 Å². The van der Waals surface area contributed by atoms with E-state index in [2.05, 4.69) is 0 Å². The molecule has 0 aromatic heterocycles. The van der Waals surface area contributed by atoms with Crippen molar-refractivity contribution in [2.75, 3.05) is 6.61 Å². The lowest BCUT2D eigenvalue weighted by molar-refractivity contribution is 0.0322. The van der Waals surface area contributed by atoms with E-state index in [4.69, 9.17) is 5.11 Å². The molecule has 0 aromatic carbocycles. The van der Waals surface area contributed by atoms with Crippen LogP contribution in [0.3, 0.4) is 0 Å². The zero-order valence-corrected chi connectivity index (χ0v) is 6.04. The van der Waals surface area contributed by atoms with Crippen LogP contribution < -0.4 is 0 Å². The normalized spacial score (nSPS) is 22.5. The van der Waals surface area contributed by atoms with Crippen LogP contribution in [0.4, 0.5) is 0 Å². The second-order valence-corrected chi connectivity index (χ2v) is 2.76. The topological polar surface area (TPSA) is 40.5 Å². The van der Waals surface area contributed by atoms with E-state index in [-0.39, 0.29) is 6.61 Å². The highest BCUT2D eigenvalue weighted by atomic mass is 16.3. The van der Waals surface area contributed by atoms with E-state index < -0.39 is 5.60 Å². The molecular formula is C8H12O2. The van der Waals surface area contributed by atoms with Crippen molar-refractivity contribution < 1.29 is 10.2 Å². The van der Waals surface area contributed by atoms with E-state index in [0.717, 1.165) is 12.0 Å². The van der Waals surface area contributed by atoms with E-state index in [1.165, 1.54) is 0 Å². The summed E-state index contributed by atoms with van der Waals surface area (Å²) < 4.78 is 0. The summed E-state index contributed by atoms with van der Waals surface area (Å²) in [5.74, 6) is 0. The molecule has 0 fully saturated rings. The van der Waals surface area contributed by atoms with Crippen molar-refractivity contribution in [1.29, 1.82) is 0 Å². The molecule has 0 heterocycles. The Morgan fingerprint density at radius 1 is 1.70 bits per heavy atom. The smallest absolute Gasteiger partial charge is 0.106 e. The first kappa shape index (κ1) is 7.51. The van der Waals surface area contributed by atoms with Gasteiger partial charge in [-0.15, -0.1) is 0 Å². The molecule has 0 amide bonds. The molecule has 1 atom stereocenters. The maximum atomic E-state index is 9.46. The van der Waals surface area contributed by atoms with Gasteiger partial charge >= 0.3 is 0 Å². The summed E-state index contributed by atoms with van der Waals surface area (Å²) in [6.07, 6.45) is 6.45. The third kappa shape index (κ3) is 1.28. The van der Waals surface area contributed by atoms with Crippen LogP contribution in [-0.4, -0.2) is 22.4 Å². The van der Waals surface area contributed by atoms with Crippen molar-refractivity contribution in [3.05, 3.63) is 23.8 Å². The summed E-state index contributed by atoms with van der Waals surface area (Å²) in [5, 5.41) is 18.2. The third-order valence-corrected chi connectivity index (χ3v) is 1.77. The predicted octanol–water partition coefficient (Wildman–Crippen LogP) is 0.616. The molecule has 2 heteroatoms. The lowest BCUT2D eigenvalue weighted by atomic mass is 9.96. The molecule has 1 rings (SSSR count). The molecule has 0 radical (unpaired) electrons. The van der Waals surface area contributed by atoms with Crippen molar-refractivity contribution in [3.8, 4) is 0 Å². The second kappa shape index (κ2) is 2.56. The quantitative estimate of drug-likeness (QED) is 0.590. The van der Waals surface area contributed by atoms with Crippen LogP contribution >= 0.6 is 0 Å². The molecule has 0 saturated carbocycles. The summed E-state index contributed by atoms with van der Waals surface area (Å²) in [6, 6.07) is 0. The average Bonchev–Trinajstić information content (AvgIpc) is 2.38. The molecule has 0 saturated heterocycles. The summed E-state index contributed by atoms with van der Waals surface area (Å²) >= 11 is 0. The van der Waals surface area contributed by atoms with Crippen LogP contribution in [0.25, 0.3) is 0 Å². The van der Waals surface area contributed by atoms with Gasteiger partial charge in [-0.1, -0.05) is 18.2 Å². The fourth-order valence-electron chi connectivity index (χ4n) is 0.948. The summed E-state index contributed by atoms with van der Waals surface area (Å²) in [5.41, 5.74) is -0.140. The van der Waals surface area contributed by atoms with Crippen LogP contribution in [0.15, 0.2) is 23.8 Å². The minimum Gasteiger partial charge on any atom is -0.393 e. The van der Waals surface area contributed by atoms with E-state index in [1.54, 1.807) is 6.92 Å². The summed E-state index contributed by atoms with van der Waals surface area (Å²) in [6.45, 7) is 1.41. The first-order valence-electron chi connectivity index (χ1n) is 3.36. The fourth-order valence-corrected chi connectivity index (χ4v) is 0.948. The van der Waals surface area contributed by atoms with Crippen LogP contribution in [0, 0.1) is 0 Å². The monoisotopic (exact) mass is 140 g/mol. The maximum absolute atomic E-state index is 9.46. The Morgan fingerprint density at radius 2 is 2.40 bits per heavy atom. The molecule has 56 valence electrons. The predicted molar refractivity (Wildman–Crippen MR) is 39.5 cm³/mol. The Bertz CT molecular complexity index is 178. The molecule has 10 heavy (non-hydrogen) atoms. The van der Waals surface area contributed by atoms with Crippen LogP contribution in [0.1, 0.15) is 13.3 Å². The third-order valence-electron chi connectivity index (χ3n) is 1.77. The fraction of sp³-hybridized carbons (Fsp3) is 0.500. The second-order valence-electron chi connectivity index (χ2n) is 2.76. The molecule has 0 aliphatic heterocycles. The van der Waals surface area contributed by atoms with Gasteiger partial charge in [-0.25, -0.2) is 0 Å². The molecule has 2 N–H and O–H groups in total. The molecular weight excluding hydrogens is 128 g/mol. The van der Waals surface area contributed by atoms with Gasteiger partial charge in [0.25, 0.3) is 0 Å². The van der Waals surface area contributed by atoms with Gasteiger partial charge in [-0.2, -0.15) is 0 Å². The Balaban J connectivity index is 2.65. The van der Waals surface area contributed by atoms with Gasteiger partial charge in [-0.3, -0.25) is 0 Å². The Labute approximate surface area is 60.5 Å². The standard InChI is InChI=1S/C8H12O2/c1-8(10,6-9)7-4-2-3-5-7/h2-4,9-10H,5-6H2,1H3. The Morgan fingerprint density at radius 3 is 2.80 bits per heavy atom. The van der Waals surface area contributed by atoms with Crippen molar-refractivity contribution in [3.63, 3.8) is 0 Å². The van der Waals surface area contributed by atoms with Gasteiger partial charge in [0.1, 0.15) is 5.60 Å². The first-order valence-corrected chi connectivity index (χ1v) is 3.36. The highest BCUT2D eigenvalue weighted by Gasteiger charge is 2.24. The summed E-state index contributed by atoms with van der Waals surface area (Å²) in [4.78, 5) is 0. The van der Waals surface area contributed by atoms with Crippen LogP contribution in [0.5, 0.6) is 0 Å². The van der Waals surface area contributed by atoms with Gasteiger partial charge in [0, 0.05) is 0 Å². The number of rotatable bonds is 2. The van der Waals surface area contributed by atoms with Gasteiger partial charge in [0.15, 0.2) is 0 Å². The van der Waals surface area contributed by atoms with Crippen LogP contribution in [0.2, 0.25) is 0 Å². The first-order chi connectivity index (χ1) is 4.67. The number of hydrogen-bond acceptors (Lipinski definition) is 2. The number of aliphatic hydroxyl groups excluding tert-OH is 1. The molecule has 0 aromatic rings. The van der Waals surface area contributed by atoms with Gasteiger partial charge in [0.2, 0.25) is 0 Å². The minimum atomic E-state index is -1.02. The molecule has 0 spiro atoms. The Kier molecular flexibility index (Phi) is 1.92. The lowest BCUT2D eigenvalue weighted by Crippen LogP contribution is -2.30. The lowest BCUT2D eigenvalue weighted by Gasteiger charge is -2.21. The zero-order valence-electron chi connectivity index (χ0n) is 6.04.